The van der Waals surface area contributed by atoms with E-state index in [2.05, 4.69) is 39.9 Å². The molecule has 0 radical (unpaired) electrons. The van der Waals surface area contributed by atoms with Crippen LogP contribution in [-0.2, 0) is 9.59 Å². The number of nitrogens with zero attached hydrogens (tertiary/aromatic N) is 2. The molecule has 226 valence electrons. The van der Waals surface area contributed by atoms with Gasteiger partial charge < -0.3 is 31.7 Å². The number of benzene rings is 3. The van der Waals surface area contributed by atoms with Gasteiger partial charge in [-0.25, -0.2) is 0 Å². The second-order valence-corrected chi connectivity index (χ2v) is 10.6. The lowest BCUT2D eigenvalue weighted by Crippen LogP contribution is -2.49. The number of hydrogen-bond acceptors (Lipinski definition) is 5. The summed E-state index contributed by atoms with van der Waals surface area (Å²) in [7, 11) is 1.60. The lowest BCUT2D eigenvalue weighted by atomic mass is 9.90. The molecule has 2 amide bonds. The van der Waals surface area contributed by atoms with Crippen molar-refractivity contribution in [1.82, 2.24) is 15.5 Å². The third-order valence-corrected chi connectivity index (χ3v) is 7.62. The van der Waals surface area contributed by atoms with Gasteiger partial charge >= 0.3 is 0 Å². The van der Waals surface area contributed by atoms with Crippen LogP contribution >= 0.6 is 0 Å². The van der Waals surface area contributed by atoms with Crippen LogP contribution < -0.4 is 26.8 Å². The topological polar surface area (TPSA) is 135 Å². The molecule has 2 atom stereocenters. The fourth-order valence-electron chi connectivity index (χ4n) is 5.38. The number of guanidine groups is 1. The van der Waals surface area contributed by atoms with Crippen LogP contribution in [0.25, 0.3) is 6.08 Å². The van der Waals surface area contributed by atoms with Crippen molar-refractivity contribution in [3.63, 3.8) is 0 Å². The van der Waals surface area contributed by atoms with Gasteiger partial charge in [-0.3, -0.25) is 14.6 Å². The number of nitrogens with one attached hydrogen (secondary N) is 2. The van der Waals surface area contributed by atoms with Crippen molar-refractivity contribution in [2.24, 2.45) is 16.5 Å². The molecule has 1 saturated heterocycles. The Morgan fingerprint density at radius 3 is 2.35 bits per heavy atom. The van der Waals surface area contributed by atoms with Gasteiger partial charge in [0.15, 0.2) is 5.96 Å². The molecule has 0 saturated carbocycles. The first kappa shape index (κ1) is 31.3. The van der Waals surface area contributed by atoms with Gasteiger partial charge in [0.05, 0.1) is 13.2 Å². The first-order valence-corrected chi connectivity index (χ1v) is 14.7. The van der Waals surface area contributed by atoms with Crippen molar-refractivity contribution < 1.29 is 14.3 Å². The van der Waals surface area contributed by atoms with E-state index in [9.17, 15) is 9.59 Å². The van der Waals surface area contributed by atoms with E-state index < -0.39 is 6.04 Å². The quantitative estimate of drug-likeness (QED) is 0.106. The zero-order valence-corrected chi connectivity index (χ0v) is 24.7. The number of amides is 2. The average molecular weight is 583 g/mol. The monoisotopic (exact) mass is 582 g/mol. The Balaban J connectivity index is 1.47. The smallest absolute Gasteiger partial charge is 0.244 e. The molecule has 43 heavy (non-hydrogen) atoms. The molecule has 0 unspecified atom stereocenters. The highest BCUT2D eigenvalue weighted by Gasteiger charge is 2.32. The molecule has 1 aliphatic heterocycles. The second kappa shape index (κ2) is 16.1. The minimum atomic E-state index is -0.421. The normalized spacial score (nSPS) is 17.1. The van der Waals surface area contributed by atoms with Gasteiger partial charge in [-0.1, -0.05) is 78.9 Å². The summed E-state index contributed by atoms with van der Waals surface area (Å²) in [6.45, 7) is 1.96. The van der Waals surface area contributed by atoms with Gasteiger partial charge in [0.2, 0.25) is 11.8 Å². The van der Waals surface area contributed by atoms with Crippen LogP contribution in [0.5, 0.6) is 5.75 Å². The lowest BCUT2D eigenvalue weighted by molar-refractivity contribution is -0.133. The van der Waals surface area contributed by atoms with Gasteiger partial charge in [0.1, 0.15) is 5.75 Å². The molecular weight excluding hydrogens is 540 g/mol. The van der Waals surface area contributed by atoms with E-state index in [0.717, 1.165) is 16.7 Å². The summed E-state index contributed by atoms with van der Waals surface area (Å²) in [5.41, 5.74) is 14.1. The molecule has 1 fully saturated rings. The van der Waals surface area contributed by atoms with E-state index in [4.69, 9.17) is 16.2 Å². The summed E-state index contributed by atoms with van der Waals surface area (Å²) in [4.78, 5) is 32.7. The summed E-state index contributed by atoms with van der Waals surface area (Å²) in [6.07, 6.45) is 5.16. The van der Waals surface area contributed by atoms with Crippen LogP contribution in [0.4, 0.5) is 0 Å². The van der Waals surface area contributed by atoms with Crippen LogP contribution in [0.3, 0.4) is 0 Å². The second-order valence-electron chi connectivity index (χ2n) is 10.6. The summed E-state index contributed by atoms with van der Waals surface area (Å²) in [5.74, 6) is 0.606. The minimum absolute atomic E-state index is 0.0324. The van der Waals surface area contributed by atoms with E-state index >= 15 is 0 Å². The van der Waals surface area contributed by atoms with Crippen LogP contribution in [0, 0.1) is 0 Å². The fraction of sp³-hybridized carbons (Fsp3) is 0.324. The van der Waals surface area contributed by atoms with Crippen LogP contribution in [0.1, 0.15) is 41.9 Å². The Hall–Kier alpha value is -4.63. The number of ether oxygens (including phenoxy) is 1. The minimum Gasteiger partial charge on any atom is -0.496 e. The van der Waals surface area contributed by atoms with E-state index in [-0.39, 0.29) is 29.7 Å². The van der Waals surface area contributed by atoms with Crippen LogP contribution in [0.15, 0.2) is 96.0 Å². The molecule has 0 aliphatic carbocycles. The molecular formula is C34H42N6O3. The Morgan fingerprint density at radius 2 is 1.70 bits per heavy atom. The average Bonchev–Trinajstić information content (AvgIpc) is 3.18. The standard InChI is InChI=1S/C34H42N6O3/c1-43-31-17-9-8-15-27(31)18-19-32(41)38-23-28-20-22-40(33(42)30(39-28)16-10-21-37-34(35)36)24-29(25-11-4-2-5-12-25)26-13-6-3-7-14-26/h2-9,11-15,17-19,28-30,39H,10,16,20-24H2,1H3,(H,38,41)(H4,35,36,37)/t28-,30-/m0/s1. The molecule has 0 bridgehead atoms. The SMILES string of the molecule is COc1ccccc1C=CC(=O)NC[C@@H]1CCN(CC(c2ccccc2)c2ccccc2)C(=O)[C@H](CCCN=C(N)N)N1. The molecule has 4 rings (SSSR count). The van der Waals surface area contributed by atoms with Gasteiger partial charge in [-0.2, -0.15) is 0 Å². The zero-order chi connectivity index (χ0) is 30.4. The number of methoxy groups -OCH3 is 1. The molecule has 3 aromatic carbocycles. The highest BCUT2D eigenvalue weighted by Crippen LogP contribution is 2.27. The highest BCUT2D eigenvalue weighted by atomic mass is 16.5. The summed E-state index contributed by atoms with van der Waals surface area (Å²) < 4.78 is 5.36. The van der Waals surface area contributed by atoms with Gasteiger partial charge in [0, 0.05) is 49.8 Å². The lowest BCUT2D eigenvalue weighted by Gasteiger charge is -2.29. The maximum atomic E-state index is 13.9. The molecule has 0 aromatic heterocycles. The van der Waals surface area contributed by atoms with E-state index in [1.54, 1.807) is 13.2 Å². The molecule has 6 N–H and O–H groups in total. The van der Waals surface area contributed by atoms with Gasteiger partial charge in [-0.05, 0) is 42.5 Å². The third-order valence-electron chi connectivity index (χ3n) is 7.62. The van der Waals surface area contributed by atoms with E-state index in [0.29, 0.717) is 51.2 Å². The van der Waals surface area contributed by atoms with Crippen molar-refractivity contribution in [1.29, 1.82) is 0 Å². The summed E-state index contributed by atoms with van der Waals surface area (Å²) in [6, 6.07) is 27.6. The largest absolute Gasteiger partial charge is 0.496 e. The highest BCUT2D eigenvalue weighted by molar-refractivity contribution is 5.92. The zero-order valence-electron chi connectivity index (χ0n) is 24.7. The van der Waals surface area contributed by atoms with Crippen LogP contribution in [-0.4, -0.2) is 68.0 Å². The number of nitrogens with two attached hydrogens (primary N) is 2. The van der Waals surface area contributed by atoms with Crippen molar-refractivity contribution in [3.8, 4) is 5.75 Å². The number of rotatable bonds is 13. The Morgan fingerprint density at radius 1 is 1.05 bits per heavy atom. The van der Waals surface area contributed by atoms with E-state index in [1.165, 1.54) is 6.08 Å². The number of hydrogen-bond donors (Lipinski definition) is 4. The van der Waals surface area contributed by atoms with Gasteiger partial charge in [-0.15, -0.1) is 0 Å². The van der Waals surface area contributed by atoms with Gasteiger partial charge in [0.25, 0.3) is 0 Å². The molecule has 9 nitrogen and oxygen atoms in total. The molecule has 1 heterocycles. The number of carbonyl (C=O) groups is 2. The molecule has 1 aliphatic rings. The maximum absolute atomic E-state index is 13.9. The van der Waals surface area contributed by atoms with Crippen molar-refractivity contribution >= 4 is 23.8 Å². The number of aliphatic imine (C=N–C) groups is 1. The molecule has 9 heteroatoms. The Bertz CT molecular complexity index is 1340. The number of para-hydroxylation sites is 1. The third kappa shape index (κ3) is 9.44. The first-order valence-electron chi connectivity index (χ1n) is 14.7. The fourth-order valence-corrected chi connectivity index (χ4v) is 5.38. The molecule has 0 spiro atoms. The summed E-state index contributed by atoms with van der Waals surface area (Å²) in [5, 5.41) is 6.52. The maximum Gasteiger partial charge on any atom is 0.244 e. The predicted octanol–water partition coefficient (Wildman–Crippen LogP) is 3.27. The van der Waals surface area contributed by atoms with Crippen LogP contribution in [0.2, 0.25) is 0 Å². The van der Waals surface area contributed by atoms with Crippen molar-refractivity contribution in [2.45, 2.75) is 37.3 Å². The Labute approximate surface area is 254 Å². The van der Waals surface area contributed by atoms with Crippen molar-refractivity contribution in [2.75, 3.05) is 33.3 Å². The molecule has 3 aromatic rings. The number of carbonyl (C=O) groups excluding carboxylic acids is 2. The predicted molar refractivity (Wildman–Crippen MR) is 172 cm³/mol. The summed E-state index contributed by atoms with van der Waals surface area (Å²) >= 11 is 0. The van der Waals surface area contributed by atoms with Crippen molar-refractivity contribution in [3.05, 3.63) is 108 Å². The van der Waals surface area contributed by atoms with E-state index in [1.807, 2.05) is 65.6 Å². The first-order chi connectivity index (χ1) is 20.9. The Kier molecular flexibility index (Phi) is 11.7.